The lowest BCUT2D eigenvalue weighted by atomic mass is 10.0. The molecule has 22 heavy (non-hydrogen) atoms. The number of carbonyl (C=O) groups excluding carboxylic acids is 1. The predicted molar refractivity (Wildman–Crippen MR) is 78.4 cm³/mol. The third kappa shape index (κ3) is 2.86. The van der Waals surface area contributed by atoms with Gasteiger partial charge in [0.25, 0.3) is 11.5 Å². The van der Waals surface area contributed by atoms with Crippen molar-refractivity contribution in [1.82, 2.24) is 10.3 Å². The van der Waals surface area contributed by atoms with Crippen LogP contribution >= 0.6 is 0 Å². The SMILES string of the molecule is O=C(N[C@@H]1CCCOc2ccc(F)cc21)c1ccc[nH]c1=O. The maximum absolute atomic E-state index is 13.5. The molecule has 114 valence electrons. The van der Waals surface area contributed by atoms with Gasteiger partial charge >= 0.3 is 0 Å². The smallest absolute Gasteiger partial charge is 0.260 e. The van der Waals surface area contributed by atoms with Crippen LogP contribution < -0.4 is 15.6 Å². The Morgan fingerprint density at radius 3 is 3.05 bits per heavy atom. The Balaban J connectivity index is 1.89. The van der Waals surface area contributed by atoms with Gasteiger partial charge in [-0.25, -0.2) is 4.39 Å². The van der Waals surface area contributed by atoms with E-state index in [2.05, 4.69) is 10.3 Å². The molecule has 2 N–H and O–H groups in total. The van der Waals surface area contributed by atoms with Crippen molar-refractivity contribution in [1.29, 1.82) is 0 Å². The molecule has 1 aliphatic rings. The average Bonchev–Trinajstić information content (AvgIpc) is 2.70. The standard InChI is InChI=1S/C16H15FN2O3/c17-10-5-6-14-12(9-10)13(4-2-8-22-14)19-16(21)11-3-1-7-18-15(11)20/h1,3,5-7,9,13H,2,4,8H2,(H,18,20)(H,19,21)/t13-/m1/s1. The molecule has 0 fully saturated rings. The van der Waals surface area contributed by atoms with E-state index in [4.69, 9.17) is 4.74 Å². The lowest BCUT2D eigenvalue weighted by Crippen LogP contribution is -2.32. The Morgan fingerprint density at radius 2 is 2.23 bits per heavy atom. The number of rotatable bonds is 2. The first-order chi connectivity index (χ1) is 10.6. The lowest BCUT2D eigenvalue weighted by molar-refractivity contribution is 0.0933. The molecular formula is C16H15FN2O3. The van der Waals surface area contributed by atoms with Crippen LogP contribution in [0.1, 0.15) is 34.8 Å². The molecule has 0 spiro atoms. The third-order valence-electron chi connectivity index (χ3n) is 3.61. The Kier molecular flexibility index (Phi) is 3.91. The van der Waals surface area contributed by atoms with Crippen molar-refractivity contribution < 1.29 is 13.9 Å². The maximum Gasteiger partial charge on any atom is 0.260 e. The Hall–Kier alpha value is -2.63. The highest BCUT2D eigenvalue weighted by Gasteiger charge is 2.23. The van der Waals surface area contributed by atoms with Crippen molar-refractivity contribution in [2.24, 2.45) is 0 Å². The second-order valence-electron chi connectivity index (χ2n) is 5.11. The number of ether oxygens (including phenoxy) is 1. The monoisotopic (exact) mass is 302 g/mol. The molecule has 1 aliphatic heterocycles. The molecule has 0 radical (unpaired) electrons. The van der Waals surface area contributed by atoms with Gasteiger partial charge in [0.2, 0.25) is 0 Å². The zero-order valence-corrected chi connectivity index (χ0v) is 11.8. The minimum atomic E-state index is -0.482. The highest BCUT2D eigenvalue weighted by Crippen LogP contribution is 2.32. The van der Waals surface area contributed by atoms with Gasteiger partial charge in [-0.1, -0.05) is 0 Å². The number of hydrogen-bond donors (Lipinski definition) is 2. The fourth-order valence-electron chi connectivity index (χ4n) is 2.53. The van der Waals surface area contributed by atoms with Crippen LogP contribution in [0.4, 0.5) is 4.39 Å². The molecule has 1 atom stereocenters. The van der Waals surface area contributed by atoms with Crippen molar-refractivity contribution in [3.63, 3.8) is 0 Å². The van der Waals surface area contributed by atoms with Crippen LogP contribution in [0.2, 0.25) is 0 Å². The summed E-state index contributed by atoms with van der Waals surface area (Å²) in [4.78, 5) is 26.4. The van der Waals surface area contributed by atoms with Crippen LogP contribution in [0, 0.1) is 5.82 Å². The Labute approximate surface area is 126 Å². The van der Waals surface area contributed by atoms with E-state index in [1.165, 1.54) is 24.4 Å². The number of nitrogens with one attached hydrogen (secondary N) is 2. The van der Waals surface area contributed by atoms with Crippen LogP contribution in [-0.2, 0) is 0 Å². The molecule has 6 heteroatoms. The predicted octanol–water partition coefficient (Wildman–Crippen LogP) is 2.16. The number of H-pyrrole nitrogens is 1. The summed E-state index contributed by atoms with van der Waals surface area (Å²) in [7, 11) is 0. The van der Waals surface area contributed by atoms with Crippen molar-refractivity contribution in [3.8, 4) is 5.75 Å². The number of hydrogen-bond acceptors (Lipinski definition) is 3. The van der Waals surface area contributed by atoms with Gasteiger partial charge < -0.3 is 15.0 Å². The maximum atomic E-state index is 13.5. The number of fused-ring (bicyclic) bond motifs is 1. The second kappa shape index (κ2) is 6.01. The van der Waals surface area contributed by atoms with Crippen LogP contribution in [-0.4, -0.2) is 17.5 Å². The van der Waals surface area contributed by atoms with E-state index in [9.17, 15) is 14.0 Å². The largest absolute Gasteiger partial charge is 0.493 e. The van der Waals surface area contributed by atoms with E-state index in [-0.39, 0.29) is 17.4 Å². The summed E-state index contributed by atoms with van der Waals surface area (Å²) in [6.07, 6.45) is 2.81. The van der Waals surface area contributed by atoms with Crippen molar-refractivity contribution >= 4 is 5.91 Å². The van der Waals surface area contributed by atoms with Gasteiger partial charge in [0, 0.05) is 11.8 Å². The molecule has 0 saturated heterocycles. The van der Waals surface area contributed by atoms with Gasteiger partial charge in [-0.15, -0.1) is 0 Å². The topological polar surface area (TPSA) is 71.2 Å². The van der Waals surface area contributed by atoms with Crippen molar-refractivity contribution in [3.05, 3.63) is 63.8 Å². The van der Waals surface area contributed by atoms with Crippen molar-refractivity contribution in [2.75, 3.05) is 6.61 Å². The van der Waals surface area contributed by atoms with E-state index >= 15 is 0 Å². The van der Waals surface area contributed by atoms with E-state index in [0.717, 1.165) is 6.42 Å². The van der Waals surface area contributed by atoms with E-state index in [1.807, 2.05) is 0 Å². The lowest BCUT2D eigenvalue weighted by Gasteiger charge is -2.18. The fraction of sp³-hybridized carbons (Fsp3) is 0.250. The number of carbonyl (C=O) groups is 1. The molecule has 1 aromatic carbocycles. The number of halogens is 1. The minimum absolute atomic E-state index is 0.0330. The molecule has 2 heterocycles. The summed E-state index contributed by atoms with van der Waals surface area (Å²) in [5, 5.41) is 2.79. The van der Waals surface area contributed by atoms with Gasteiger partial charge in [0.1, 0.15) is 17.1 Å². The second-order valence-corrected chi connectivity index (χ2v) is 5.11. The normalized spacial score (nSPS) is 17.0. The molecule has 0 unspecified atom stereocenters. The molecule has 0 bridgehead atoms. The zero-order valence-electron chi connectivity index (χ0n) is 11.8. The number of aromatic nitrogens is 1. The van der Waals surface area contributed by atoms with E-state index < -0.39 is 11.5 Å². The van der Waals surface area contributed by atoms with Crippen LogP contribution in [0.25, 0.3) is 0 Å². The third-order valence-corrected chi connectivity index (χ3v) is 3.61. The first-order valence-corrected chi connectivity index (χ1v) is 7.06. The minimum Gasteiger partial charge on any atom is -0.493 e. The number of aromatic amines is 1. The Morgan fingerprint density at radius 1 is 1.36 bits per heavy atom. The molecule has 2 aromatic rings. The van der Waals surface area contributed by atoms with Crippen molar-refractivity contribution in [2.45, 2.75) is 18.9 Å². The Bertz CT molecular complexity index is 757. The summed E-state index contributed by atoms with van der Waals surface area (Å²) < 4.78 is 19.1. The van der Waals surface area contributed by atoms with E-state index in [1.54, 1.807) is 12.1 Å². The number of benzene rings is 1. The summed E-state index contributed by atoms with van der Waals surface area (Å²) in [6, 6.07) is 6.89. The van der Waals surface area contributed by atoms with Gasteiger partial charge in [0.05, 0.1) is 12.6 Å². The zero-order chi connectivity index (χ0) is 15.5. The molecule has 5 nitrogen and oxygen atoms in total. The molecular weight excluding hydrogens is 287 g/mol. The van der Waals surface area contributed by atoms with Gasteiger partial charge in [-0.05, 0) is 43.2 Å². The van der Waals surface area contributed by atoms with Crippen LogP contribution in [0.5, 0.6) is 5.75 Å². The van der Waals surface area contributed by atoms with Gasteiger partial charge in [0.15, 0.2) is 0 Å². The summed E-state index contributed by atoms with van der Waals surface area (Å²) in [5.74, 6) is -0.309. The summed E-state index contributed by atoms with van der Waals surface area (Å²) >= 11 is 0. The quantitative estimate of drug-likeness (QED) is 0.893. The highest BCUT2D eigenvalue weighted by atomic mass is 19.1. The molecule has 3 rings (SSSR count). The van der Waals surface area contributed by atoms with Gasteiger partial charge in [-0.3, -0.25) is 9.59 Å². The van der Waals surface area contributed by atoms with Crippen LogP contribution in [0.3, 0.4) is 0 Å². The summed E-state index contributed by atoms with van der Waals surface area (Å²) in [6.45, 7) is 0.511. The molecule has 1 aromatic heterocycles. The molecule has 1 amide bonds. The number of pyridine rings is 1. The highest BCUT2D eigenvalue weighted by molar-refractivity contribution is 5.94. The van der Waals surface area contributed by atoms with E-state index in [0.29, 0.717) is 24.3 Å². The van der Waals surface area contributed by atoms with Gasteiger partial charge in [-0.2, -0.15) is 0 Å². The van der Waals surface area contributed by atoms with Crippen LogP contribution in [0.15, 0.2) is 41.3 Å². The fourth-order valence-corrected chi connectivity index (χ4v) is 2.53. The average molecular weight is 302 g/mol. The molecule has 0 saturated carbocycles. The molecule has 0 aliphatic carbocycles. The first kappa shape index (κ1) is 14.3. The summed E-state index contributed by atoms with van der Waals surface area (Å²) in [5.41, 5.74) is 0.174. The number of amides is 1. The first-order valence-electron chi connectivity index (χ1n) is 7.06.